The van der Waals surface area contributed by atoms with E-state index in [1.165, 1.54) is 0 Å². The summed E-state index contributed by atoms with van der Waals surface area (Å²) in [7, 11) is 0. The summed E-state index contributed by atoms with van der Waals surface area (Å²) in [4.78, 5) is 17.6. The van der Waals surface area contributed by atoms with Crippen molar-refractivity contribution in [3.63, 3.8) is 0 Å². The lowest BCUT2D eigenvalue weighted by atomic mass is 10.0. The Labute approximate surface area is 154 Å². The predicted molar refractivity (Wildman–Crippen MR) is 98.6 cm³/mol. The van der Waals surface area contributed by atoms with Crippen LogP contribution in [0.3, 0.4) is 0 Å². The SMILES string of the molecule is CC(C)C[C@H](N)c1nc2cccc(Cl)c2c(=O)n1-c1cc(F)cc(F)c1. The van der Waals surface area contributed by atoms with E-state index in [2.05, 4.69) is 4.98 Å². The van der Waals surface area contributed by atoms with E-state index in [4.69, 9.17) is 17.3 Å². The zero-order valence-corrected chi connectivity index (χ0v) is 15.1. The van der Waals surface area contributed by atoms with E-state index in [-0.39, 0.29) is 27.8 Å². The molecule has 2 aromatic carbocycles. The molecule has 7 heteroatoms. The average molecular weight is 378 g/mol. The van der Waals surface area contributed by atoms with Gasteiger partial charge in [-0.1, -0.05) is 31.5 Å². The molecule has 26 heavy (non-hydrogen) atoms. The van der Waals surface area contributed by atoms with Crippen LogP contribution in [0.4, 0.5) is 8.78 Å². The van der Waals surface area contributed by atoms with Crippen LogP contribution in [0.1, 0.15) is 32.1 Å². The Bertz CT molecular complexity index is 1010. The number of benzene rings is 2. The van der Waals surface area contributed by atoms with Gasteiger partial charge in [0, 0.05) is 6.07 Å². The maximum Gasteiger partial charge on any atom is 0.267 e. The Kier molecular flexibility index (Phi) is 5.07. The smallest absolute Gasteiger partial charge is 0.267 e. The number of aromatic nitrogens is 2. The quantitative estimate of drug-likeness (QED) is 0.734. The maximum absolute atomic E-state index is 13.7. The Balaban J connectivity index is 2.38. The van der Waals surface area contributed by atoms with Crippen LogP contribution in [0.2, 0.25) is 5.02 Å². The largest absolute Gasteiger partial charge is 0.321 e. The molecule has 2 N–H and O–H groups in total. The van der Waals surface area contributed by atoms with E-state index in [0.717, 1.165) is 22.8 Å². The second-order valence-corrected chi connectivity index (χ2v) is 7.02. The minimum absolute atomic E-state index is 0.0241. The topological polar surface area (TPSA) is 60.9 Å². The van der Waals surface area contributed by atoms with Crippen LogP contribution in [0.15, 0.2) is 41.2 Å². The van der Waals surface area contributed by atoms with Crippen LogP contribution in [-0.2, 0) is 0 Å². The molecule has 4 nitrogen and oxygen atoms in total. The molecule has 0 radical (unpaired) electrons. The molecule has 136 valence electrons. The molecule has 0 aliphatic carbocycles. The number of fused-ring (bicyclic) bond motifs is 1. The molecular formula is C19H18ClF2N3O. The van der Waals surface area contributed by atoms with Gasteiger partial charge in [-0.05, 0) is 36.6 Å². The van der Waals surface area contributed by atoms with Crippen molar-refractivity contribution in [3.8, 4) is 5.69 Å². The van der Waals surface area contributed by atoms with Crippen molar-refractivity contribution in [2.24, 2.45) is 11.7 Å². The molecule has 0 bridgehead atoms. The molecular weight excluding hydrogens is 360 g/mol. The van der Waals surface area contributed by atoms with E-state index >= 15 is 0 Å². The predicted octanol–water partition coefficient (Wildman–Crippen LogP) is 4.36. The number of hydrogen-bond acceptors (Lipinski definition) is 3. The molecule has 0 saturated carbocycles. The van der Waals surface area contributed by atoms with Crippen LogP contribution >= 0.6 is 11.6 Å². The molecule has 0 spiro atoms. The molecule has 3 rings (SSSR count). The summed E-state index contributed by atoms with van der Waals surface area (Å²) in [6.45, 7) is 3.98. The summed E-state index contributed by atoms with van der Waals surface area (Å²) in [5, 5.41) is 0.397. The van der Waals surface area contributed by atoms with Gasteiger partial charge in [0.15, 0.2) is 0 Å². The van der Waals surface area contributed by atoms with Crippen LogP contribution in [-0.4, -0.2) is 9.55 Å². The molecule has 0 aliphatic heterocycles. The number of nitrogens with zero attached hydrogens (tertiary/aromatic N) is 2. The standard InChI is InChI=1S/C19H18ClF2N3O/c1-10(2)6-15(23)18-24-16-5-3-4-14(20)17(16)19(26)25(18)13-8-11(21)7-12(22)9-13/h3-5,7-10,15H,6,23H2,1-2H3/t15-/m0/s1. The lowest BCUT2D eigenvalue weighted by Crippen LogP contribution is -2.29. The lowest BCUT2D eigenvalue weighted by Gasteiger charge is -2.20. The van der Waals surface area contributed by atoms with Crippen LogP contribution in [0.25, 0.3) is 16.6 Å². The second-order valence-electron chi connectivity index (χ2n) is 6.61. The molecule has 3 aromatic rings. The second kappa shape index (κ2) is 7.13. The van der Waals surface area contributed by atoms with Crippen molar-refractivity contribution in [3.05, 3.63) is 69.2 Å². The third kappa shape index (κ3) is 3.48. The zero-order chi connectivity index (χ0) is 19.0. The molecule has 1 heterocycles. The first-order valence-electron chi connectivity index (χ1n) is 8.21. The van der Waals surface area contributed by atoms with Gasteiger partial charge in [0.05, 0.1) is 27.7 Å². The van der Waals surface area contributed by atoms with Crippen LogP contribution in [0, 0.1) is 17.6 Å². The van der Waals surface area contributed by atoms with Gasteiger partial charge >= 0.3 is 0 Å². The first-order valence-corrected chi connectivity index (χ1v) is 8.59. The van der Waals surface area contributed by atoms with Gasteiger partial charge in [0.25, 0.3) is 5.56 Å². The molecule has 0 fully saturated rings. The van der Waals surface area contributed by atoms with Gasteiger partial charge in [0.1, 0.15) is 17.5 Å². The summed E-state index contributed by atoms with van der Waals surface area (Å²) < 4.78 is 28.6. The Morgan fingerprint density at radius 2 is 1.85 bits per heavy atom. The van der Waals surface area contributed by atoms with Crippen molar-refractivity contribution in [2.75, 3.05) is 0 Å². The van der Waals surface area contributed by atoms with Gasteiger partial charge in [-0.3, -0.25) is 9.36 Å². The molecule has 0 aliphatic rings. The molecule has 0 unspecified atom stereocenters. The minimum atomic E-state index is -0.797. The maximum atomic E-state index is 13.7. The van der Waals surface area contributed by atoms with Gasteiger partial charge in [-0.15, -0.1) is 0 Å². The van der Waals surface area contributed by atoms with Crippen molar-refractivity contribution in [1.82, 2.24) is 9.55 Å². The summed E-state index contributed by atoms with van der Waals surface area (Å²) in [6, 6.07) is 7.20. The number of halogens is 3. The van der Waals surface area contributed by atoms with Crippen molar-refractivity contribution in [1.29, 1.82) is 0 Å². The van der Waals surface area contributed by atoms with Gasteiger partial charge in [-0.25, -0.2) is 13.8 Å². The van der Waals surface area contributed by atoms with E-state index in [1.54, 1.807) is 18.2 Å². The fourth-order valence-electron chi connectivity index (χ4n) is 2.99. The van der Waals surface area contributed by atoms with Crippen LogP contribution < -0.4 is 11.3 Å². The van der Waals surface area contributed by atoms with E-state index in [0.29, 0.717) is 11.9 Å². The van der Waals surface area contributed by atoms with Crippen molar-refractivity contribution >= 4 is 22.5 Å². The summed E-state index contributed by atoms with van der Waals surface area (Å²) in [5.74, 6) is -1.11. The Hall–Kier alpha value is -2.31. The molecule has 0 amide bonds. The summed E-state index contributed by atoms with van der Waals surface area (Å²) >= 11 is 6.17. The Morgan fingerprint density at radius 1 is 1.19 bits per heavy atom. The third-order valence-corrected chi connectivity index (χ3v) is 4.35. The third-order valence-electron chi connectivity index (χ3n) is 4.04. The zero-order valence-electron chi connectivity index (χ0n) is 14.3. The highest BCUT2D eigenvalue weighted by Crippen LogP contribution is 2.25. The fraction of sp³-hybridized carbons (Fsp3) is 0.263. The Morgan fingerprint density at radius 3 is 2.46 bits per heavy atom. The number of rotatable bonds is 4. The van der Waals surface area contributed by atoms with Gasteiger partial charge < -0.3 is 5.73 Å². The highest BCUT2D eigenvalue weighted by Gasteiger charge is 2.21. The van der Waals surface area contributed by atoms with E-state index in [9.17, 15) is 13.6 Å². The monoisotopic (exact) mass is 377 g/mol. The first kappa shape index (κ1) is 18.5. The summed E-state index contributed by atoms with van der Waals surface area (Å²) in [5.41, 5.74) is 6.17. The normalized spacial score (nSPS) is 12.7. The van der Waals surface area contributed by atoms with Crippen molar-refractivity contribution < 1.29 is 8.78 Å². The number of nitrogens with two attached hydrogens (primary N) is 1. The van der Waals surface area contributed by atoms with E-state index < -0.39 is 23.2 Å². The average Bonchev–Trinajstić information content (AvgIpc) is 2.52. The van der Waals surface area contributed by atoms with Gasteiger partial charge in [0.2, 0.25) is 0 Å². The highest BCUT2D eigenvalue weighted by molar-refractivity contribution is 6.35. The molecule has 1 atom stereocenters. The minimum Gasteiger partial charge on any atom is -0.321 e. The molecule has 1 aromatic heterocycles. The first-order chi connectivity index (χ1) is 12.3. The fourth-order valence-corrected chi connectivity index (χ4v) is 3.24. The van der Waals surface area contributed by atoms with Crippen molar-refractivity contribution in [2.45, 2.75) is 26.3 Å². The summed E-state index contributed by atoms with van der Waals surface area (Å²) in [6.07, 6.45) is 0.552. The van der Waals surface area contributed by atoms with E-state index in [1.807, 2.05) is 13.8 Å². The molecule has 0 saturated heterocycles. The number of hydrogen-bond donors (Lipinski definition) is 1. The van der Waals surface area contributed by atoms with Crippen LogP contribution in [0.5, 0.6) is 0 Å². The highest BCUT2D eigenvalue weighted by atomic mass is 35.5. The lowest BCUT2D eigenvalue weighted by molar-refractivity contribution is 0.484. The van der Waals surface area contributed by atoms with Gasteiger partial charge in [-0.2, -0.15) is 0 Å².